The molecule has 2 rings (SSSR count). The fourth-order valence-electron chi connectivity index (χ4n) is 1.16. The molecule has 15 heavy (non-hydrogen) atoms. The van der Waals surface area contributed by atoms with Crippen LogP contribution >= 0.6 is 0 Å². The van der Waals surface area contributed by atoms with E-state index in [1.54, 1.807) is 20.4 Å². The minimum absolute atomic E-state index is 0.309. The summed E-state index contributed by atoms with van der Waals surface area (Å²) in [6.45, 7) is 0.309. The van der Waals surface area contributed by atoms with Crippen molar-refractivity contribution in [2.45, 2.75) is 6.61 Å². The van der Waals surface area contributed by atoms with Crippen molar-refractivity contribution in [3.05, 3.63) is 12.0 Å². The van der Waals surface area contributed by atoms with Gasteiger partial charge in [-0.05, 0) is 0 Å². The minimum Gasteiger partial charge on any atom is -0.383 e. The Balaban J connectivity index is 2.33. The van der Waals surface area contributed by atoms with Gasteiger partial charge in [0.25, 0.3) is 5.89 Å². The van der Waals surface area contributed by atoms with Gasteiger partial charge in [-0.1, -0.05) is 5.16 Å². The molecule has 2 aromatic rings. The molecule has 0 aromatic carbocycles. The van der Waals surface area contributed by atoms with E-state index in [2.05, 4.69) is 15.2 Å². The zero-order valence-electron chi connectivity index (χ0n) is 8.47. The molecular weight excluding hydrogens is 198 g/mol. The van der Waals surface area contributed by atoms with Crippen molar-refractivity contribution < 1.29 is 9.26 Å². The van der Waals surface area contributed by atoms with Crippen molar-refractivity contribution in [1.29, 1.82) is 0 Å². The second-order valence-electron chi connectivity index (χ2n) is 3.02. The molecule has 0 fully saturated rings. The van der Waals surface area contributed by atoms with Crippen molar-refractivity contribution in [1.82, 2.24) is 19.9 Å². The summed E-state index contributed by atoms with van der Waals surface area (Å²) in [6.07, 6.45) is 1.58. The lowest BCUT2D eigenvalue weighted by molar-refractivity contribution is 0.174. The number of aromatic nitrogens is 4. The summed E-state index contributed by atoms with van der Waals surface area (Å²) in [5, 5.41) is 7.71. The zero-order valence-corrected chi connectivity index (χ0v) is 8.47. The SMILES string of the molecule is COCc1noc(-c2cnn(C)c2N)n1. The smallest absolute Gasteiger partial charge is 0.263 e. The van der Waals surface area contributed by atoms with Gasteiger partial charge >= 0.3 is 0 Å². The number of ether oxygens (including phenoxy) is 1. The number of nitrogen functional groups attached to an aromatic ring is 1. The summed E-state index contributed by atoms with van der Waals surface area (Å²) in [7, 11) is 3.31. The Morgan fingerprint density at radius 1 is 1.60 bits per heavy atom. The topological polar surface area (TPSA) is 92.0 Å². The van der Waals surface area contributed by atoms with E-state index in [9.17, 15) is 0 Å². The van der Waals surface area contributed by atoms with Gasteiger partial charge in [-0.15, -0.1) is 0 Å². The molecule has 0 aliphatic carbocycles. The molecule has 0 aliphatic heterocycles. The van der Waals surface area contributed by atoms with E-state index in [0.29, 0.717) is 29.7 Å². The van der Waals surface area contributed by atoms with Crippen molar-refractivity contribution in [2.24, 2.45) is 7.05 Å². The van der Waals surface area contributed by atoms with Crippen LogP contribution in [0.5, 0.6) is 0 Å². The van der Waals surface area contributed by atoms with E-state index in [1.165, 1.54) is 4.68 Å². The first-order valence-corrected chi connectivity index (χ1v) is 4.31. The van der Waals surface area contributed by atoms with Gasteiger partial charge < -0.3 is 15.0 Å². The number of hydrogen-bond donors (Lipinski definition) is 1. The van der Waals surface area contributed by atoms with E-state index in [1.807, 2.05) is 0 Å². The quantitative estimate of drug-likeness (QED) is 0.776. The predicted octanol–water partition coefficient (Wildman–Crippen LogP) is 0.199. The van der Waals surface area contributed by atoms with Gasteiger partial charge in [-0.2, -0.15) is 10.1 Å². The monoisotopic (exact) mass is 209 g/mol. The zero-order chi connectivity index (χ0) is 10.8. The Labute approximate surface area is 85.8 Å². The van der Waals surface area contributed by atoms with Crippen LogP contribution in [-0.4, -0.2) is 27.0 Å². The second-order valence-corrected chi connectivity index (χ2v) is 3.02. The predicted molar refractivity (Wildman–Crippen MR) is 51.6 cm³/mol. The maximum absolute atomic E-state index is 5.76. The Bertz CT molecular complexity index is 461. The van der Waals surface area contributed by atoms with Gasteiger partial charge in [0.2, 0.25) is 0 Å². The molecule has 0 spiro atoms. The van der Waals surface area contributed by atoms with Crippen LogP contribution in [0.3, 0.4) is 0 Å². The van der Waals surface area contributed by atoms with Crippen molar-refractivity contribution in [3.63, 3.8) is 0 Å². The molecule has 7 heteroatoms. The number of hydrogen-bond acceptors (Lipinski definition) is 6. The summed E-state index contributed by atoms with van der Waals surface area (Å²) < 4.78 is 11.4. The molecule has 0 atom stereocenters. The van der Waals surface area contributed by atoms with Gasteiger partial charge in [0.05, 0.1) is 6.20 Å². The van der Waals surface area contributed by atoms with Crippen LogP contribution in [-0.2, 0) is 18.4 Å². The number of anilines is 1. The van der Waals surface area contributed by atoms with Gasteiger partial charge in [0, 0.05) is 14.2 Å². The highest BCUT2D eigenvalue weighted by Gasteiger charge is 2.14. The first kappa shape index (κ1) is 9.66. The molecule has 2 aromatic heterocycles. The summed E-state index contributed by atoms with van der Waals surface area (Å²) in [5.74, 6) is 1.33. The number of nitrogens with zero attached hydrogens (tertiary/aromatic N) is 4. The molecule has 0 saturated carbocycles. The minimum atomic E-state index is 0.309. The fraction of sp³-hybridized carbons (Fsp3) is 0.375. The molecule has 0 bridgehead atoms. The van der Waals surface area contributed by atoms with E-state index >= 15 is 0 Å². The maximum Gasteiger partial charge on any atom is 0.263 e. The molecule has 2 heterocycles. The summed E-state index contributed by atoms with van der Waals surface area (Å²) in [5.41, 5.74) is 6.39. The van der Waals surface area contributed by atoms with Crippen LogP contribution in [0.4, 0.5) is 5.82 Å². The number of rotatable bonds is 3. The lowest BCUT2D eigenvalue weighted by Crippen LogP contribution is -1.98. The summed E-state index contributed by atoms with van der Waals surface area (Å²) >= 11 is 0. The van der Waals surface area contributed by atoms with Crippen LogP contribution < -0.4 is 5.73 Å². The molecular formula is C8H11N5O2. The second kappa shape index (κ2) is 3.70. The lowest BCUT2D eigenvalue weighted by atomic mass is 10.3. The molecule has 0 radical (unpaired) electrons. The van der Waals surface area contributed by atoms with Crippen molar-refractivity contribution in [2.75, 3.05) is 12.8 Å². The van der Waals surface area contributed by atoms with E-state index in [4.69, 9.17) is 15.0 Å². The Hall–Kier alpha value is -1.89. The average Bonchev–Trinajstić information content (AvgIpc) is 2.77. The van der Waals surface area contributed by atoms with E-state index in [-0.39, 0.29) is 0 Å². The lowest BCUT2D eigenvalue weighted by Gasteiger charge is -1.93. The molecule has 0 saturated heterocycles. The van der Waals surface area contributed by atoms with E-state index < -0.39 is 0 Å². The highest BCUT2D eigenvalue weighted by atomic mass is 16.5. The Morgan fingerprint density at radius 3 is 3.00 bits per heavy atom. The van der Waals surface area contributed by atoms with Gasteiger partial charge in [-0.3, -0.25) is 4.68 Å². The normalized spacial score (nSPS) is 10.8. The van der Waals surface area contributed by atoms with Crippen LogP contribution in [0.15, 0.2) is 10.7 Å². The highest BCUT2D eigenvalue weighted by molar-refractivity contribution is 5.66. The third-order valence-corrected chi connectivity index (χ3v) is 1.96. The summed E-state index contributed by atoms with van der Waals surface area (Å²) in [4.78, 5) is 4.11. The first-order valence-electron chi connectivity index (χ1n) is 4.31. The van der Waals surface area contributed by atoms with E-state index in [0.717, 1.165) is 0 Å². The first-order chi connectivity index (χ1) is 7.22. The van der Waals surface area contributed by atoms with Gasteiger partial charge in [0.1, 0.15) is 18.0 Å². The average molecular weight is 209 g/mol. The summed E-state index contributed by atoms with van der Waals surface area (Å²) in [6, 6.07) is 0. The molecule has 0 aliphatic rings. The molecule has 0 amide bonds. The van der Waals surface area contributed by atoms with Gasteiger partial charge in [0.15, 0.2) is 5.82 Å². The molecule has 7 nitrogen and oxygen atoms in total. The Kier molecular flexibility index (Phi) is 2.38. The van der Waals surface area contributed by atoms with Crippen LogP contribution in [0.1, 0.15) is 5.82 Å². The van der Waals surface area contributed by atoms with Gasteiger partial charge in [-0.25, -0.2) is 0 Å². The van der Waals surface area contributed by atoms with Crippen LogP contribution in [0.2, 0.25) is 0 Å². The molecule has 2 N–H and O–H groups in total. The standard InChI is InChI=1S/C8H11N5O2/c1-13-7(9)5(3-10-13)8-11-6(4-14-2)12-15-8/h3H,4,9H2,1-2H3. The molecule has 80 valence electrons. The fourth-order valence-corrected chi connectivity index (χ4v) is 1.16. The largest absolute Gasteiger partial charge is 0.383 e. The third kappa shape index (κ3) is 1.68. The van der Waals surface area contributed by atoms with Crippen LogP contribution in [0, 0.1) is 0 Å². The maximum atomic E-state index is 5.76. The number of aryl methyl sites for hydroxylation is 1. The third-order valence-electron chi connectivity index (χ3n) is 1.96. The molecule has 0 unspecified atom stereocenters. The van der Waals surface area contributed by atoms with Crippen molar-refractivity contribution >= 4 is 5.82 Å². The van der Waals surface area contributed by atoms with Crippen LogP contribution in [0.25, 0.3) is 11.5 Å². The highest BCUT2D eigenvalue weighted by Crippen LogP contribution is 2.22. The number of nitrogens with two attached hydrogens (primary N) is 1. The Morgan fingerprint density at radius 2 is 2.40 bits per heavy atom. The number of methoxy groups -OCH3 is 1. The van der Waals surface area contributed by atoms with Crippen molar-refractivity contribution in [3.8, 4) is 11.5 Å².